The van der Waals surface area contributed by atoms with Crippen molar-refractivity contribution in [2.24, 2.45) is 0 Å². The SMILES string of the molecule is CCCCNC(=S)Nc1ccc(-c2csc(C)n2)cc1. The number of thiazole rings is 1. The van der Waals surface area contributed by atoms with Gasteiger partial charge in [0.05, 0.1) is 10.7 Å². The molecule has 0 spiro atoms. The topological polar surface area (TPSA) is 37.0 Å². The van der Waals surface area contributed by atoms with E-state index in [2.05, 4.69) is 40.1 Å². The molecule has 0 fully saturated rings. The van der Waals surface area contributed by atoms with Gasteiger partial charge >= 0.3 is 0 Å². The van der Waals surface area contributed by atoms with E-state index < -0.39 is 0 Å². The van der Waals surface area contributed by atoms with Crippen LogP contribution in [0.25, 0.3) is 11.3 Å². The first-order chi connectivity index (χ1) is 9.69. The van der Waals surface area contributed by atoms with Crippen molar-refractivity contribution in [1.29, 1.82) is 0 Å². The molecule has 1 heterocycles. The van der Waals surface area contributed by atoms with Crippen LogP contribution in [0.15, 0.2) is 29.6 Å². The van der Waals surface area contributed by atoms with E-state index in [4.69, 9.17) is 12.2 Å². The van der Waals surface area contributed by atoms with Gasteiger partial charge in [0, 0.05) is 23.2 Å². The van der Waals surface area contributed by atoms with Crippen molar-refractivity contribution in [2.45, 2.75) is 26.7 Å². The summed E-state index contributed by atoms with van der Waals surface area (Å²) in [6, 6.07) is 8.17. The number of hydrogen-bond acceptors (Lipinski definition) is 3. The largest absolute Gasteiger partial charge is 0.362 e. The van der Waals surface area contributed by atoms with E-state index in [0.29, 0.717) is 5.11 Å². The molecule has 2 N–H and O–H groups in total. The Balaban J connectivity index is 1.93. The van der Waals surface area contributed by atoms with Crippen molar-refractivity contribution in [1.82, 2.24) is 10.3 Å². The molecule has 0 saturated heterocycles. The number of unbranched alkanes of at least 4 members (excludes halogenated alkanes) is 1. The van der Waals surface area contributed by atoms with Gasteiger partial charge in [-0.2, -0.15) is 0 Å². The summed E-state index contributed by atoms with van der Waals surface area (Å²) in [5.74, 6) is 0. The van der Waals surface area contributed by atoms with Gasteiger partial charge in [-0.1, -0.05) is 25.5 Å². The second-order valence-electron chi connectivity index (χ2n) is 4.56. The number of hydrogen-bond donors (Lipinski definition) is 2. The number of aryl methyl sites for hydroxylation is 1. The summed E-state index contributed by atoms with van der Waals surface area (Å²) in [4.78, 5) is 4.48. The maximum atomic E-state index is 5.25. The Morgan fingerprint density at radius 2 is 2.05 bits per heavy atom. The Morgan fingerprint density at radius 1 is 1.30 bits per heavy atom. The lowest BCUT2D eigenvalue weighted by Crippen LogP contribution is -2.29. The Morgan fingerprint density at radius 3 is 2.65 bits per heavy atom. The highest BCUT2D eigenvalue weighted by Gasteiger charge is 2.02. The zero-order chi connectivity index (χ0) is 14.4. The average molecular weight is 305 g/mol. The van der Waals surface area contributed by atoms with Gasteiger partial charge in [-0.05, 0) is 37.7 Å². The third-order valence-electron chi connectivity index (χ3n) is 2.87. The summed E-state index contributed by atoms with van der Waals surface area (Å²) >= 11 is 6.91. The van der Waals surface area contributed by atoms with Crippen molar-refractivity contribution in [3.05, 3.63) is 34.7 Å². The zero-order valence-corrected chi connectivity index (χ0v) is 13.4. The van der Waals surface area contributed by atoms with Gasteiger partial charge in [0.15, 0.2) is 5.11 Å². The summed E-state index contributed by atoms with van der Waals surface area (Å²) in [7, 11) is 0. The van der Waals surface area contributed by atoms with Crippen LogP contribution in [0.3, 0.4) is 0 Å². The predicted molar refractivity (Wildman–Crippen MR) is 91.4 cm³/mol. The van der Waals surface area contributed by atoms with Gasteiger partial charge in [-0.25, -0.2) is 4.98 Å². The molecule has 1 aromatic carbocycles. The van der Waals surface area contributed by atoms with Gasteiger partial charge < -0.3 is 10.6 Å². The van der Waals surface area contributed by atoms with E-state index in [9.17, 15) is 0 Å². The molecule has 0 atom stereocenters. The molecule has 2 aromatic rings. The van der Waals surface area contributed by atoms with E-state index in [-0.39, 0.29) is 0 Å². The lowest BCUT2D eigenvalue weighted by Gasteiger charge is -2.10. The monoisotopic (exact) mass is 305 g/mol. The van der Waals surface area contributed by atoms with Crippen molar-refractivity contribution in [3.8, 4) is 11.3 Å². The summed E-state index contributed by atoms with van der Waals surface area (Å²) in [6.45, 7) is 5.10. The van der Waals surface area contributed by atoms with E-state index in [1.165, 1.54) is 0 Å². The lowest BCUT2D eigenvalue weighted by molar-refractivity contribution is 0.758. The molecule has 106 valence electrons. The molecular formula is C15H19N3S2. The number of rotatable bonds is 5. The summed E-state index contributed by atoms with van der Waals surface area (Å²) in [5, 5.41) is 10.2. The number of aromatic nitrogens is 1. The van der Waals surface area contributed by atoms with Crippen LogP contribution in [0.1, 0.15) is 24.8 Å². The maximum absolute atomic E-state index is 5.25. The molecular weight excluding hydrogens is 286 g/mol. The Hall–Kier alpha value is -1.46. The molecule has 0 amide bonds. The van der Waals surface area contributed by atoms with Crippen molar-refractivity contribution in [3.63, 3.8) is 0 Å². The minimum atomic E-state index is 0.677. The molecule has 5 heteroatoms. The van der Waals surface area contributed by atoms with Gasteiger partial charge in [-0.3, -0.25) is 0 Å². The third kappa shape index (κ3) is 4.28. The summed E-state index contributed by atoms with van der Waals surface area (Å²) in [6.07, 6.45) is 2.29. The van der Waals surface area contributed by atoms with Crippen LogP contribution >= 0.6 is 23.6 Å². The number of thiocarbonyl (C=S) groups is 1. The van der Waals surface area contributed by atoms with Crippen LogP contribution in [0.4, 0.5) is 5.69 Å². The first kappa shape index (κ1) is 14.9. The molecule has 0 bridgehead atoms. The van der Waals surface area contributed by atoms with Crippen LogP contribution in [-0.4, -0.2) is 16.6 Å². The lowest BCUT2D eigenvalue weighted by atomic mass is 10.1. The highest BCUT2D eigenvalue weighted by atomic mass is 32.1. The Labute approximate surface area is 129 Å². The molecule has 3 nitrogen and oxygen atoms in total. The normalized spacial score (nSPS) is 10.3. The molecule has 0 saturated carbocycles. The van der Waals surface area contributed by atoms with Gasteiger partial charge in [0.25, 0.3) is 0 Å². The molecule has 20 heavy (non-hydrogen) atoms. The van der Waals surface area contributed by atoms with E-state index in [1.807, 2.05) is 19.1 Å². The molecule has 0 aliphatic carbocycles. The Bertz CT molecular complexity index is 561. The Kier molecular flexibility index (Phi) is 5.49. The number of nitrogens with zero attached hydrogens (tertiary/aromatic N) is 1. The minimum Gasteiger partial charge on any atom is -0.362 e. The van der Waals surface area contributed by atoms with Crippen molar-refractivity contribution >= 4 is 34.4 Å². The highest BCUT2D eigenvalue weighted by Crippen LogP contribution is 2.22. The van der Waals surface area contributed by atoms with Crippen LogP contribution in [0.5, 0.6) is 0 Å². The highest BCUT2D eigenvalue weighted by molar-refractivity contribution is 7.80. The summed E-state index contributed by atoms with van der Waals surface area (Å²) < 4.78 is 0. The smallest absolute Gasteiger partial charge is 0.170 e. The molecule has 0 aliphatic rings. The molecule has 0 unspecified atom stereocenters. The third-order valence-corrected chi connectivity index (χ3v) is 3.89. The van der Waals surface area contributed by atoms with Crippen molar-refractivity contribution in [2.75, 3.05) is 11.9 Å². The second-order valence-corrected chi connectivity index (χ2v) is 6.03. The number of nitrogens with one attached hydrogen (secondary N) is 2. The molecule has 2 rings (SSSR count). The zero-order valence-electron chi connectivity index (χ0n) is 11.8. The fourth-order valence-corrected chi connectivity index (χ4v) is 2.62. The molecule has 0 radical (unpaired) electrons. The number of anilines is 1. The van der Waals surface area contributed by atoms with E-state index in [0.717, 1.165) is 41.3 Å². The first-order valence-electron chi connectivity index (χ1n) is 6.76. The standard InChI is InChI=1S/C15H19N3S2/c1-3-4-9-16-15(19)18-13-7-5-12(6-8-13)14-10-20-11(2)17-14/h5-8,10H,3-4,9H2,1-2H3,(H2,16,18,19). The van der Waals surface area contributed by atoms with Crippen LogP contribution in [-0.2, 0) is 0 Å². The van der Waals surface area contributed by atoms with E-state index in [1.54, 1.807) is 11.3 Å². The fraction of sp³-hybridized carbons (Fsp3) is 0.333. The second kappa shape index (κ2) is 7.36. The van der Waals surface area contributed by atoms with Crippen molar-refractivity contribution < 1.29 is 0 Å². The molecule has 0 aliphatic heterocycles. The quantitative estimate of drug-likeness (QED) is 0.641. The molecule has 1 aromatic heterocycles. The van der Waals surface area contributed by atoms with Crippen LogP contribution in [0.2, 0.25) is 0 Å². The first-order valence-corrected chi connectivity index (χ1v) is 8.05. The van der Waals surface area contributed by atoms with E-state index >= 15 is 0 Å². The predicted octanol–water partition coefficient (Wildman–Crippen LogP) is 4.21. The van der Waals surface area contributed by atoms with Crippen LogP contribution < -0.4 is 10.6 Å². The van der Waals surface area contributed by atoms with Crippen LogP contribution in [0, 0.1) is 6.92 Å². The number of benzene rings is 1. The maximum Gasteiger partial charge on any atom is 0.170 e. The van der Waals surface area contributed by atoms with Gasteiger partial charge in [0.2, 0.25) is 0 Å². The fourth-order valence-electron chi connectivity index (χ4n) is 1.77. The van der Waals surface area contributed by atoms with Gasteiger partial charge in [0.1, 0.15) is 0 Å². The minimum absolute atomic E-state index is 0.677. The average Bonchev–Trinajstić information content (AvgIpc) is 2.86. The summed E-state index contributed by atoms with van der Waals surface area (Å²) in [5.41, 5.74) is 3.15. The van der Waals surface area contributed by atoms with Gasteiger partial charge in [-0.15, -0.1) is 11.3 Å².